The van der Waals surface area contributed by atoms with Gasteiger partial charge in [0.15, 0.2) is 0 Å². The lowest BCUT2D eigenvalue weighted by molar-refractivity contribution is -0.142. The average molecular weight is 530 g/mol. The van der Waals surface area contributed by atoms with Crippen molar-refractivity contribution in [2.75, 3.05) is 6.54 Å². The van der Waals surface area contributed by atoms with Gasteiger partial charge in [0.25, 0.3) is 0 Å². The van der Waals surface area contributed by atoms with Gasteiger partial charge in [-0.05, 0) is 41.8 Å². The molecule has 2 aromatic carbocycles. The number of aliphatic carboxylic acids is 1. The molecule has 3 unspecified atom stereocenters. The molecule has 3 atom stereocenters. The van der Waals surface area contributed by atoms with Crippen molar-refractivity contribution in [1.82, 2.24) is 16.0 Å². The third-order valence-corrected chi connectivity index (χ3v) is 5.52. The summed E-state index contributed by atoms with van der Waals surface area (Å²) in [6.07, 6.45) is -0.573. The Hall–Kier alpha value is -4.65. The quantitative estimate of drug-likeness (QED) is 0.144. The van der Waals surface area contributed by atoms with Gasteiger partial charge in [-0.1, -0.05) is 24.3 Å². The van der Waals surface area contributed by atoms with Crippen molar-refractivity contribution in [3.63, 3.8) is 0 Å². The fraction of sp³-hybridized carbons (Fsp3) is 0.320. The van der Waals surface area contributed by atoms with Gasteiger partial charge in [0, 0.05) is 19.3 Å². The van der Waals surface area contributed by atoms with E-state index in [0.717, 1.165) is 0 Å². The van der Waals surface area contributed by atoms with E-state index in [0.29, 0.717) is 11.1 Å². The monoisotopic (exact) mass is 529 g/mol. The fourth-order valence-electron chi connectivity index (χ4n) is 3.50. The lowest BCUT2D eigenvalue weighted by Crippen LogP contribution is -2.57. The van der Waals surface area contributed by atoms with Crippen molar-refractivity contribution in [1.29, 1.82) is 0 Å². The van der Waals surface area contributed by atoms with Crippen LogP contribution < -0.4 is 27.4 Å². The summed E-state index contributed by atoms with van der Waals surface area (Å²) in [6.45, 7) is -0.421. The molecule has 0 bridgehead atoms. The zero-order chi connectivity index (χ0) is 28.2. The molecule has 0 aromatic heterocycles. The number of carboxylic acids is 1. The maximum atomic E-state index is 13.2. The summed E-state index contributed by atoms with van der Waals surface area (Å²) in [7, 11) is 0. The van der Waals surface area contributed by atoms with Crippen LogP contribution in [0.3, 0.4) is 0 Å². The smallest absolute Gasteiger partial charge is 0.326 e. The Labute approximate surface area is 218 Å². The lowest BCUT2D eigenvalue weighted by Gasteiger charge is -2.24. The highest BCUT2D eigenvalue weighted by atomic mass is 16.4. The summed E-state index contributed by atoms with van der Waals surface area (Å²) in [5.74, 6) is -4.36. The number of carbonyl (C=O) groups excluding carboxylic acids is 4. The molecule has 0 heterocycles. The largest absolute Gasteiger partial charge is 0.508 e. The van der Waals surface area contributed by atoms with E-state index in [-0.39, 0.29) is 37.2 Å². The molecule has 0 spiro atoms. The van der Waals surface area contributed by atoms with Crippen molar-refractivity contribution in [3.8, 4) is 11.5 Å². The molecule has 10 N–H and O–H groups in total. The van der Waals surface area contributed by atoms with Crippen molar-refractivity contribution in [3.05, 3.63) is 59.7 Å². The molecule has 0 saturated heterocycles. The maximum Gasteiger partial charge on any atom is 0.326 e. The first-order valence-electron chi connectivity index (χ1n) is 11.7. The van der Waals surface area contributed by atoms with Crippen LogP contribution in [0.25, 0.3) is 0 Å². The van der Waals surface area contributed by atoms with E-state index in [2.05, 4.69) is 16.0 Å². The highest BCUT2D eigenvalue weighted by Crippen LogP contribution is 2.14. The number of nitrogens with one attached hydrogen (secondary N) is 3. The van der Waals surface area contributed by atoms with Crippen LogP contribution in [0.5, 0.6) is 11.5 Å². The molecule has 0 aliphatic heterocycles. The van der Waals surface area contributed by atoms with Crippen LogP contribution in [0.2, 0.25) is 0 Å². The van der Waals surface area contributed by atoms with Gasteiger partial charge in [0.05, 0.1) is 6.54 Å². The standard InChI is InChI=1S/C25H31N5O8/c26-13-22(34)28-18(9-10-21(27)33)23(35)29-19(11-14-1-5-16(31)6-2-14)24(36)30-20(25(37)38)12-15-3-7-17(32)8-4-15/h1-8,18-20,31-32H,9-13,26H2,(H2,27,33)(H,28,34)(H,29,35)(H,30,36)(H,37,38). The number of hydrogen-bond acceptors (Lipinski definition) is 8. The van der Waals surface area contributed by atoms with Gasteiger partial charge in [0.2, 0.25) is 23.6 Å². The number of aromatic hydroxyl groups is 2. The van der Waals surface area contributed by atoms with Crippen molar-refractivity contribution in [2.24, 2.45) is 11.5 Å². The van der Waals surface area contributed by atoms with E-state index in [1.165, 1.54) is 48.5 Å². The molecule has 0 radical (unpaired) electrons. The summed E-state index contributed by atoms with van der Waals surface area (Å²) in [4.78, 5) is 61.2. The molecule has 204 valence electrons. The number of nitrogens with two attached hydrogens (primary N) is 2. The minimum Gasteiger partial charge on any atom is -0.508 e. The summed E-state index contributed by atoms with van der Waals surface area (Å²) in [5, 5.41) is 36.0. The van der Waals surface area contributed by atoms with Crippen molar-refractivity contribution >= 4 is 29.6 Å². The average Bonchev–Trinajstić information content (AvgIpc) is 2.87. The van der Waals surface area contributed by atoms with Crippen LogP contribution in [-0.2, 0) is 36.8 Å². The minimum atomic E-state index is -1.37. The number of amides is 4. The van der Waals surface area contributed by atoms with Gasteiger partial charge in [-0.15, -0.1) is 0 Å². The Morgan fingerprint density at radius 3 is 1.61 bits per heavy atom. The Morgan fingerprint density at radius 2 is 1.16 bits per heavy atom. The van der Waals surface area contributed by atoms with Gasteiger partial charge >= 0.3 is 5.97 Å². The Morgan fingerprint density at radius 1 is 0.711 bits per heavy atom. The normalized spacial score (nSPS) is 13.0. The third kappa shape index (κ3) is 9.78. The SMILES string of the molecule is NCC(=O)NC(CCC(N)=O)C(=O)NC(Cc1ccc(O)cc1)C(=O)NC(Cc1ccc(O)cc1)C(=O)O. The zero-order valence-electron chi connectivity index (χ0n) is 20.4. The van der Waals surface area contributed by atoms with Crippen LogP contribution in [-0.4, -0.2) is 69.6 Å². The second-order valence-electron chi connectivity index (χ2n) is 8.53. The highest BCUT2D eigenvalue weighted by molar-refractivity contribution is 5.94. The number of phenolic OH excluding ortho intramolecular Hbond substituents is 2. The lowest BCUT2D eigenvalue weighted by atomic mass is 10.0. The molecule has 0 aliphatic rings. The topological polar surface area (TPSA) is 234 Å². The van der Waals surface area contributed by atoms with Crippen molar-refractivity contribution < 1.29 is 39.3 Å². The van der Waals surface area contributed by atoms with Gasteiger partial charge in [-0.2, -0.15) is 0 Å². The number of phenols is 2. The molecule has 13 heteroatoms. The Bertz CT molecular complexity index is 1140. The zero-order valence-corrected chi connectivity index (χ0v) is 20.4. The number of carboxylic acid groups (broad SMARTS) is 1. The van der Waals surface area contributed by atoms with Crippen LogP contribution >= 0.6 is 0 Å². The number of benzene rings is 2. The third-order valence-electron chi connectivity index (χ3n) is 5.52. The molecular weight excluding hydrogens is 498 g/mol. The molecule has 0 aliphatic carbocycles. The molecule has 38 heavy (non-hydrogen) atoms. The van der Waals surface area contributed by atoms with Crippen molar-refractivity contribution in [2.45, 2.75) is 43.8 Å². The summed E-state index contributed by atoms with van der Waals surface area (Å²) in [5.41, 5.74) is 11.5. The number of rotatable bonds is 14. The minimum absolute atomic E-state index is 0.00560. The van der Waals surface area contributed by atoms with Crippen LogP contribution in [0, 0.1) is 0 Å². The Balaban J connectivity index is 2.26. The van der Waals surface area contributed by atoms with E-state index in [1.807, 2.05) is 0 Å². The summed E-state index contributed by atoms with van der Waals surface area (Å²) in [6, 6.07) is 7.70. The van der Waals surface area contributed by atoms with Crippen LogP contribution in [0.1, 0.15) is 24.0 Å². The second-order valence-corrected chi connectivity index (χ2v) is 8.53. The maximum absolute atomic E-state index is 13.2. The predicted octanol–water partition coefficient (Wildman–Crippen LogP) is -1.35. The van der Waals surface area contributed by atoms with Gasteiger partial charge in [-0.3, -0.25) is 19.2 Å². The first-order chi connectivity index (χ1) is 18.0. The molecule has 13 nitrogen and oxygen atoms in total. The predicted molar refractivity (Wildman–Crippen MR) is 135 cm³/mol. The van der Waals surface area contributed by atoms with Gasteiger partial charge in [0.1, 0.15) is 29.6 Å². The molecular formula is C25H31N5O8. The molecule has 0 fully saturated rings. The summed E-state index contributed by atoms with van der Waals surface area (Å²) >= 11 is 0. The fourth-order valence-corrected chi connectivity index (χ4v) is 3.50. The molecule has 2 rings (SSSR count). The first-order valence-corrected chi connectivity index (χ1v) is 11.7. The van der Waals surface area contributed by atoms with E-state index in [9.17, 15) is 39.3 Å². The van der Waals surface area contributed by atoms with E-state index in [4.69, 9.17) is 11.5 Å². The van der Waals surface area contributed by atoms with Gasteiger partial charge in [-0.25, -0.2) is 4.79 Å². The van der Waals surface area contributed by atoms with Gasteiger partial charge < -0.3 is 42.7 Å². The first kappa shape index (κ1) is 29.6. The van der Waals surface area contributed by atoms with Crippen LogP contribution in [0.15, 0.2) is 48.5 Å². The Kier molecular flexibility index (Phi) is 11.0. The number of primary amides is 1. The van der Waals surface area contributed by atoms with E-state index in [1.54, 1.807) is 0 Å². The van der Waals surface area contributed by atoms with E-state index < -0.39 is 54.3 Å². The highest BCUT2D eigenvalue weighted by Gasteiger charge is 2.30. The van der Waals surface area contributed by atoms with E-state index >= 15 is 0 Å². The molecule has 0 saturated carbocycles. The summed E-state index contributed by atoms with van der Waals surface area (Å²) < 4.78 is 0. The second kappa shape index (κ2) is 14.2. The van der Waals surface area contributed by atoms with Crippen LogP contribution in [0.4, 0.5) is 0 Å². The molecule has 4 amide bonds. The molecule has 2 aromatic rings. The number of carbonyl (C=O) groups is 5. The number of hydrogen-bond donors (Lipinski definition) is 8.